The monoisotopic (exact) mass is 287 g/mol. The summed E-state index contributed by atoms with van der Waals surface area (Å²) in [5, 5.41) is 12.4. The van der Waals surface area contributed by atoms with Crippen LogP contribution in [0.1, 0.15) is 19.8 Å². The quantitative estimate of drug-likeness (QED) is 0.750. The van der Waals surface area contributed by atoms with Crippen molar-refractivity contribution < 1.29 is 18.3 Å². The third kappa shape index (κ3) is 3.77. The van der Waals surface area contributed by atoms with Crippen LogP contribution in [0.3, 0.4) is 0 Å². The Kier molecular flexibility index (Phi) is 3.91. The van der Waals surface area contributed by atoms with E-state index in [0.29, 0.717) is 18.4 Å². The van der Waals surface area contributed by atoms with Gasteiger partial charge in [0.2, 0.25) is 10.0 Å². The number of sulfonamides is 1. The van der Waals surface area contributed by atoms with Crippen molar-refractivity contribution in [3.63, 3.8) is 0 Å². The van der Waals surface area contributed by atoms with Crippen LogP contribution in [0, 0.1) is 11.8 Å². The number of carboxylic acid groups (broad SMARTS) is 1. The molecule has 0 amide bonds. The number of rotatable bonds is 7. The normalized spacial score (nSPS) is 22.4. The molecule has 1 fully saturated rings. The first kappa shape index (κ1) is 14.0. The van der Waals surface area contributed by atoms with E-state index >= 15 is 0 Å². The van der Waals surface area contributed by atoms with Crippen LogP contribution in [-0.2, 0) is 21.4 Å². The molecule has 0 bridgehead atoms. The molecule has 1 saturated carbocycles. The van der Waals surface area contributed by atoms with Gasteiger partial charge < -0.3 is 5.11 Å². The summed E-state index contributed by atoms with van der Waals surface area (Å²) in [6.07, 6.45) is 3.55. The second-order valence-electron chi connectivity index (χ2n) is 4.91. The number of nitrogens with one attached hydrogen (secondary N) is 1. The average Bonchev–Trinajstić information content (AvgIpc) is 2.85. The Morgan fingerprint density at radius 3 is 2.89 bits per heavy atom. The van der Waals surface area contributed by atoms with Gasteiger partial charge in [-0.1, -0.05) is 6.92 Å². The molecule has 2 atom stereocenters. The molecule has 1 aliphatic rings. The molecule has 1 aliphatic carbocycles. The summed E-state index contributed by atoms with van der Waals surface area (Å²) < 4.78 is 27.8. The van der Waals surface area contributed by atoms with Gasteiger partial charge >= 0.3 is 5.97 Å². The minimum Gasteiger partial charge on any atom is -0.481 e. The fraction of sp³-hybridized carbons (Fsp3) is 0.636. The Bertz CT molecular complexity index is 566. The minimum absolute atomic E-state index is 0.0752. The molecule has 2 N–H and O–H groups in total. The van der Waals surface area contributed by atoms with E-state index in [9.17, 15) is 13.2 Å². The Hall–Kier alpha value is -1.41. The second kappa shape index (κ2) is 5.30. The van der Waals surface area contributed by atoms with Gasteiger partial charge in [-0.3, -0.25) is 9.48 Å². The summed E-state index contributed by atoms with van der Waals surface area (Å²) in [5.74, 6) is 0.0681. The van der Waals surface area contributed by atoms with Gasteiger partial charge in [0.05, 0.1) is 19.2 Å². The van der Waals surface area contributed by atoms with Gasteiger partial charge in [0, 0.05) is 12.7 Å². The Morgan fingerprint density at radius 1 is 1.63 bits per heavy atom. The first-order valence-corrected chi connectivity index (χ1v) is 7.60. The molecule has 7 nitrogen and oxygen atoms in total. The number of aromatic nitrogens is 2. The topological polar surface area (TPSA) is 101 Å². The predicted octanol–water partition coefficient (Wildman–Crippen LogP) is 0.292. The fourth-order valence-electron chi connectivity index (χ4n) is 1.80. The molecule has 0 radical (unpaired) electrons. The average molecular weight is 287 g/mol. The lowest BCUT2D eigenvalue weighted by molar-refractivity contribution is -0.137. The van der Waals surface area contributed by atoms with Crippen molar-refractivity contribution in [2.45, 2.75) is 31.2 Å². The first-order chi connectivity index (χ1) is 8.88. The van der Waals surface area contributed by atoms with Gasteiger partial charge in [0.15, 0.2) is 0 Å². The van der Waals surface area contributed by atoms with Crippen LogP contribution in [0.4, 0.5) is 0 Å². The van der Waals surface area contributed by atoms with E-state index in [-0.39, 0.29) is 17.9 Å². The summed E-state index contributed by atoms with van der Waals surface area (Å²) >= 11 is 0. The summed E-state index contributed by atoms with van der Waals surface area (Å²) in [4.78, 5) is 10.5. The zero-order valence-corrected chi connectivity index (χ0v) is 11.4. The van der Waals surface area contributed by atoms with E-state index < -0.39 is 16.0 Å². The highest BCUT2D eigenvalue weighted by molar-refractivity contribution is 7.89. The fourth-order valence-corrected chi connectivity index (χ4v) is 2.85. The van der Waals surface area contributed by atoms with E-state index in [4.69, 9.17) is 5.11 Å². The minimum atomic E-state index is -3.54. The van der Waals surface area contributed by atoms with E-state index in [2.05, 4.69) is 16.7 Å². The molecule has 8 heteroatoms. The van der Waals surface area contributed by atoms with Gasteiger partial charge in [-0.2, -0.15) is 5.10 Å². The van der Waals surface area contributed by atoms with Crippen molar-refractivity contribution in [3.05, 3.63) is 12.4 Å². The van der Waals surface area contributed by atoms with E-state index in [0.717, 1.165) is 6.42 Å². The molecular weight excluding hydrogens is 270 g/mol. The van der Waals surface area contributed by atoms with Gasteiger partial charge in [-0.15, -0.1) is 0 Å². The number of nitrogens with zero attached hydrogens (tertiary/aromatic N) is 2. The number of carbonyl (C=O) groups is 1. The maximum absolute atomic E-state index is 11.9. The highest BCUT2D eigenvalue weighted by Gasteiger charge is 2.33. The van der Waals surface area contributed by atoms with Crippen LogP contribution in [0.15, 0.2) is 17.3 Å². The van der Waals surface area contributed by atoms with Crippen LogP contribution in [0.2, 0.25) is 0 Å². The lowest BCUT2D eigenvalue weighted by Gasteiger charge is -2.03. The maximum Gasteiger partial charge on any atom is 0.305 e. The van der Waals surface area contributed by atoms with Gasteiger partial charge in [0.25, 0.3) is 0 Å². The van der Waals surface area contributed by atoms with Crippen molar-refractivity contribution >= 4 is 16.0 Å². The van der Waals surface area contributed by atoms with Crippen molar-refractivity contribution in [2.24, 2.45) is 11.8 Å². The van der Waals surface area contributed by atoms with Crippen LogP contribution in [-0.4, -0.2) is 35.8 Å². The highest BCUT2D eigenvalue weighted by Crippen LogP contribution is 2.37. The van der Waals surface area contributed by atoms with E-state index in [1.807, 2.05) is 0 Å². The van der Waals surface area contributed by atoms with Gasteiger partial charge in [-0.05, 0) is 18.3 Å². The summed E-state index contributed by atoms with van der Waals surface area (Å²) in [6, 6.07) is 0. The molecule has 2 rings (SSSR count). The lowest BCUT2D eigenvalue weighted by Crippen LogP contribution is -2.25. The number of hydrogen-bond acceptors (Lipinski definition) is 4. The maximum atomic E-state index is 11.9. The Balaban J connectivity index is 1.94. The molecule has 0 saturated heterocycles. The Labute approximate surface area is 111 Å². The van der Waals surface area contributed by atoms with Crippen LogP contribution in [0.25, 0.3) is 0 Å². The molecule has 2 unspecified atom stereocenters. The zero-order valence-electron chi connectivity index (χ0n) is 10.6. The van der Waals surface area contributed by atoms with Crippen molar-refractivity contribution in [3.8, 4) is 0 Å². The third-order valence-electron chi connectivity index (χ3n) is 3.29. The second-order valence-corrected chi connectivity index (χ2v) is 6.67. The molecule has 0 spiro atoms. The largest absolute Gasteiger partial charge is 0.481 e. The molecular formula is C11H17N3O4S. The molecule has 1 heterocycles. The summed E-state index contributed by atoms with van der Waals surface area (Å²) in [7, 11) is -3.54. The van der Waals surface area contributed by atoms with E-state index in [1.165, 1.54) is 17.1 Å². The van der Waals surface area contributed by atoms with Crippen molar-refractivity contribution in [2.75, 3.05) is 6.54 Å². The summed E-state index contributed by atoms with van der Waals surface area (Å²) in [6.45, 7) is 2.69. The van der Waals surface area contributed by atoms with Crippen LogP contribution >= 0.6 is 0 Å². The number of carboxylic acids is 1. The molecule has 19 heavy (non-hydrogen) atoms. The molecule has 1 aromatic heterocycles. The molecule has 0 aliphatic heterocycles. The third-order valence-corrected chi connectivity index (χ3v) is 4.66. The first-order valence-electron chi connectivity index (χ1n) is 6.12. The van der Waals surface area contributed by atoms with Crippen LogP contribution in [0.5, 0.6) is 0 Å². The number of aryl methyl sites for hydroxylation is 1. The Morgan fingerprint density at radius 2 is 2.32 bits per heavy atom. The van der Waals surface area contributed by atoms with E-state index in [1.54, 1.807) is 0 Å². The predicted molar refractivity (Wildman–Crippen MR) is 66.9 cm³/mol. The van der Waals surface area contributed by atoms with Crippen molar-refractivity contribution in [1.29, 1.82) is 0 Å². The van der Waals surface area contributed by atoms with Crippen LogP contribution < -0.4 is 4.72 Å². The standard InChI is InChI=1S/C11H17N3O4S/c1-8-4-9(8)5-13-19(17,18)10-6-12-14(7-10)3-2-11(15)16/h6-9,13H,2-5H2,1H3,(H,15,16). The SMILES string of the molecule is CC1CC1CNS(=O)(=O)c1cnn(CCC(=O)O)c1. The highest BCUT2D eigenvalue weighted by atomic mass is 32.2. The zero-order chi connectivity index (χ0) is 14.0. The molecule has 106 valence electrons. The number of hydrogen-bond donors (Lipinski definition) is 2. The smallest absolute Gasteiger partial charge is 0.305 e. The van der Waals surface area contributed by atoms with Crippen molar-refractivity contribution in [1.82, 2.24) is 14.5 Å². The molecule has 0 aromatic carbocycles. The molecule has 1 aromatic rings. The lowest BCUT2D eigenvalue weighted by atomic mass is 10.3. The van der Waals surface area contributed by atoms with Gasteiger partial charge in [-0.25, -0.2) is 13.1 Å². The number of aliphatic carboxylic acids is 1. The summed E-state index contributed by atoms with van der Waals surface area (Å²) in [5.41, 5.74) is 0. The van der Waals surface area contributed by atoms with Gasteiger partial charge in [0.1, 0.15) is 4.90 Å².